The minimum Gasteiger partial charge on any atom is -0.465 e. The van der Waals surface area contributed by atoms with E-state index in [0.29, 0.717) is 11.5 Å². The predicted octanol–water partition coefficient (Wildman–Crippen LogP) is 0.509. The number of esters is 1. The summed E-state index contributed by atoms with van der Waals surface area (Å²) in [5.74, 6) is -0.0988. The molecular weight excluding hydrogens is 272 g/mol. The van der Waals surface area contributed by atoms with Crippen LogP contribution < -0.4 is 10.6 Å². The molecule has 2 N–H and O–H groups in total. The lowest BCUT2D eigenvalue weighted by molar-refractivity contribution is -0.128. The minimum absolute atomic E-state index is 0.0319. The van der Waals surface area contributed by atoms with E-state index < -0.39 is 5.97 Å². The van der Waals surface area contributed by atoms with E-state index in [1.807, 2.05) is 4.90 Å². The van der Waals surface area contributed by atoms with Crippen LogP contribution in [0.1, 0.15) is 23.2 Å². The van der Waals surface area contributed by atoms with Crippen LogP contribution in [-0.4, -0.2) is 55.6 Å². The number of methoxy groups -OCH3 is 1. The van der Waals surface area contributed by atoms with Crippen molar-refractivity contribution in [3.63, 3.8) is 0 Å². The zero-order chi connectivity index (χ0) is 15.4. The molecule has 0 bridgehead atoms. The van der Waals surface area contributed by atoms with Crippen molar-refractivity contribution < 1.29 is 14.3 Å². The Morgan fingerprint density at radius 1 is 1.43 bits per heavy atom. The molecule has 114 valence electrons. The molecule has 1 aromatic rings. The molecule has 0 saturated carbocycles. The first kappa shape index (κ1) is 15.1. The molecule has 7 nitrogen and oxygen atoms in total. The molecule has 0 aliphatic carbocycles. The average Bonchev–Trinajstić information content (AvgIpc) is 3.00. The molecular formula is C14H20N4O3. The molecule has 1 amide bonds. The van der Waals surface area contributed by atoms with E-state index in [-0.39, 0.29) is 18.0 Å². The number of carbonyl (C=O) groups is 2. The summed E-state index contributed by atoms with van der Waals surface area (Å²) in [7, 11) is 3.02. The van der Waals surface area contributed by atoms with E-state index in [4.69, 9.17) is 10.5 Å². The lowest BCUT2D eigenvalue weighted by Gasteiger charge is -2.23. The Kier molecular flexibility index (Phi) is 4.62. The number of aromatic nitrogens is 1. The largest absolute Gasteiger partial charge is 0.465 e. The van der Waals surface area contributed by atoms with Crippen molar-refractivity contribution >= 4 is 23.4 Å². The number of nitrogens with two attached hydrogens (primary N) is 1. The normalized spacial score (nSPS) is 14.1. The van der Waals surface area contributed by atoms with E-state index in [1.165, 1.54) is 19.4 Å². The molecule has 0 spiro atoms. The van der Waals surface area contributed by atoms with Gasteiger partial charge in [-0.05, 0) is 18.9 Å². The molecule has 2 heterocycles. The number of nitrogens with zero attached hydrogens (tertiary/aromatic N) is 3. The van der Waals surface area contributed by atoms with Gasteiger partial charge in [0, 0.05) is 20.1 Å². The number of likely N-dealkylation sites (tertiary alicyclic amines) is 1. The number of carbonyl (C=O) groups excluding carboxylic acids is 2. The highest BCUT2D eigenvalue weighted by Crippen LogP contribution is 2.20. The number of ether oxygens (including phenoxy) is 1. The topological polar surface area (TPSA) is 88.8 Å². The fraction of sp³-hybridized carbons (Fsp3) is 0.500. The maximum Gasteiger partial charge on any atom is 0.341 e. The molecule has 1 fully saturated rings. The summed E-state index contributed by atoms with van der Waals surface area (Å²) in [5.41, 5.74) is 6.29. The summed E-state index contributed by atoms with van der Waals surface area (Å²) in [4.78, 5) is 31.6. The lowest BCUT2D eigenvalue weighted by Crippen LogP contribution is -2.38. The molecule has 0 atom stereocenters. The number of nitrogen functional groups attached to an aromatic ring is 1. The number of hydrogen-bond acceptors (Lipinski definition) is 6. The summed E-state index contributed by atoms with van der Waals surface area (Å²) >= 11 is 0. The van der Waals surface area contributed by atoms with E-state index in [9.17, 15) is 9.59 Å². The van der Waals surface area contributed by atoms with E-state index in [2.05, 4.69) is 4.98 Å². The van der Waals surface area contributed by atoms with Crippen LogP contribution in [0.15, 0.2) is 12.3 Å². The summed E-state index contributed by atoms with van der Waals surface area (Å²) in [5, 5.41) is 0. The molecule has 21 heavy (non-hydrogen) atoms. The standard InChI is InChI=1S/C14H20N4O3/c1-17(9-12(19)18-5-3-4-6-18)13-11(14(20)21-2)7-10(15)8-16-13/h7-8H,3-6,9,15H2,1-2H3. The monoisotopic (exact) mass is 292 g/mol. The number of anilines is 2. The van der Waals surface area contributed by atoms with Crippen LogP contribution in [0.5, 0.6) is 0 Å². The van der Waals surface area contributed by atoms with Gasteiger partial charge in [-0.1, -0.05) is 0 Å². The highest BCUT2D eigenvalue weighted by molar-refractivity contribution is 5.96. The maximum atomic E-state index is 12.2. The Bertz CT molecular complexity index is 541. The van der Waals surface area contributed by atoms with Gasteiger partial charge in [0.25, 0.3) is 0 Å². The third-order valence-electron chi connectivity index (χ3n) is 3.49. The van der Waals surface area contributed by atoms with Gasteiger partial charge in [0.15, 0.2) is 0 Å². The van der Waals surface area contributed by atoms with Gasteiger partial charge in [-0.15, -0.1) is 0 Å². The first-order chi connectivity index (χ1) is 10.0. The van der Waals surface area contributed by atoms with Crippen molar-refractivity contribution in [2.75, 3.05) is 44.4 Å². The van der Waals surface area contributed by atoms with Gasteiger partial charge in [-0.25, -0.2) is 9.78 Å². The molecule has 0 unspecified atom stereocenters. The average molecular weight is 292 g/mol. The van der Waals surface area contributed by atoms with Gasteiger partial charge in [0.05, 0.1) is 25.5 Å². The van der Waals surface area contributed by atoms with Crippen LogP contribution in [0, 0.1) is 0 Å². The van der Waals surface area contributed by atoms with Crippen molar-refractivity contribution in [1.29, 1.82) is 0 Å². The minimum atomic E-state index is -0.523. The van der Waals surface area contributed by atoms with Crippen molar-refractivity contribution in [2.24, 2.45) is 0 Å². The van der Waals surface area contributed by atoms with E-state index in [0.717, 1.165) is 25.9 Å². The van der Waals surface area contributed by atoms with Gasteiger partial charge in [-0.3, -0.25) is 4.79 Å². The summed E-state index contributed by atoms with van der Waals surface area (Å²) in [6.45, 7) is 1.76. The zero-order valence-electron chi connectivity index (χ0n) is 12.3. The highest BCUT2D eigenvalue weighted by atomic mass is 16.5. The molecule has 0 radical (unpaired) electrons. The Balaban J connectivity index is 2.16. The lowest BCUT2D eigenvalue weighted by atomic mass is 10.2. The zero-order valence-corrected chi connectivity index (χ0v) is 12.3. The van der Waals surface area contributed by atoms with Crippen molar-refractivity contribution in [3.8, 4) is 0 Å². The third kappa shape index (κ3) is 3.42. The molecule has 1 aromatic heterocycles. The molecule has 2 rings (SSSR count). The van der Waals surface area contributed by atoms with Crippen LogP contribution in [0.2, 0.25) is 0 Å². The van der Waals surface area contributed by atoms with E-state index >= 15 is 0 Å². The number of pyridine rings is 1. The number of likely N-dealkylation sites (N-methyl/N-ethyl adjacent to an activating group) is 1. The first-order valence-electron chi connectivity index (χ1n) is 6.85. The Morgan fingerprint density at radius 2 is 2.10 bits per heavy atom. The van der Waals surface area contributed by atoms with Crippen LogP contribution >= 0.6 is 0 Å². The quantitative estimate of drug-likeness (QED) is 0.813. The van der Waals surface area contributed by atoms with Crippen LogP contribution in [0.4, 0.5) is 11.5 Å². The fourth-order valence-corrected chi connectivity index (χ4v) is 2.38. The summed E-state index contributed by atoms with van der Waals surface area (Å²) in [6, 6.07) is 1.50. The van der Waals surface area contributed by atoms with Gasteiger partial charge >= 0.3 is 5.97 Å². The van der Waals surface area contributed by atoms with Crippen molar-refractivity contribution in [2.45, 2.75) is 12.8 Å². The predicted molar refractivity (Wildman–Crippen MR) is 79.1 cm³/mol. The number of rotatable bonds is 4. The molecule has 1 aliphatic heterocycles. The van der Waals surface area contributed by atoms with Gasteiger partial charge in [-0.2, -0.15) is 0 Å². The van der Waals surface area contributed by atoms with Gasteiger partial charge < -0.3 is 20.3 Å². The Labute approximate surface area is 123 Å². The molecule has 1 aliphatic rings. The highest BCUT2D eigenvalue weighted by Gasteiger charge is 2.22. The Hall–Kier alpha value is -2.31. The van der Waals surface area contributed by atoms with Crippen molar-refractivity contribution in [1.82, 2.24) is 9.88 Å². The number of hydrogen-bond donors (Lipinski definition) is 1. The summed E-state index contributed by atoms with van der Waals surface area (Å²) < 4.78 is 4.73. The second-order valence-electron chi connectivity index (χ2n) is 5.08. The smallest absolute Gasteiger partial charge is 0.341 e. The maximum absolute atomic E-state index is 12.2. The number of amides is 1. The van der Waals surface area contributed by atoms with Gasteiger partial charge in [0.2, 0.25) is 5.91 Å². The van der Waals surface area contributed by atoms with E-state index in [1.54, 1.807) is 11.9 Å². The molecule has 0 aromatic carbocycles. The second kappa shape index (κ2) is 6.43. The second-order valence-corrected chi connectivity index (χ2v) is 5.08. The van der Waals surface area contributed by atoms with Gasteiger partial charge in [0.1, 0.15) is 11.4 Å². The van der Waals surface area contributed by atoms with Crippen LogP contribution in [0.25, 0.3) is 0 Å². The van der Waals surface area contributed by atoms with Crippen LogP contribution in [-0.2, 0) is 9.53 Å². The molecule has 1 saturated heterocycles. The molecule has 7 heteroatoms. The third-order valence-corrected chi connectivity index (χ3v) is 3.49. The fourth-order valence-electron chi connectivity index (χ4n) is 2.38. The summed E-state index contributed by atoms with van der Waals surface area (Å²) in [6.07, 6.45) is 3.55. The van der Waals surface area contributed by atoms with Crippen molar-refractivity contribution in [3.05, 3.63) is 17.8 Å². The Morgan fingerprint density at radius 3 is 2.71 bits per heavy atom. The van der Waals surface area contributed by atoms with Crippen LogP contribution in [0.3, 0.4) is 0 Å². The first-order valence-corrected chi connectivity index (χ1v) is 6.85. The SMILES string of the molecule is COC(=O)c1cc(N)cnc1N(C)CC(=O)N1CCCC1.